The molecule has 2 fully saturated rings. The summed E-state index contributed by atoms with van der Waals surface area (Å²) >= 11 is 0. The lowest BCUT2D eigenvalue weighted by molar-refractivity contribution is -0.0110. The number of fused-ring (bicyclic) bond motifs is 2. The van der Waals surface area contributed by atoms with E-state index < -0.39 is 0 Å². The van der Waals surface area contributed by atoms with E-state index in [9.17, 15) is 0 Å². The van der Waals surface area contributed by atoms with Crippen molar-refractivity contribution >= 4 is 0 Å². The molecule has 2 saturated carbocycles. The second-order valence-corrected chi connectivity index (χ2v) is 8.76. The largest absolute Gasteiger partial charge is 0.295 e. The molecule has 1 aromatic heterocycles. The lowest BCUT2D eigenvalue weighted by Crippen LogP contribution is -2.50. The molecule has 0 saturated heterocycles. The zero-order valence-electron chi connectivity index (χ0n) is 14.4. The summed E-state index contributed by atoms with van der Waals surface area (Å²) in [7, 11) is 0. The Morgan fingerprint density at radius 2 is 2.17 bits per heavy atom. The summed E-state index contributed by atoms with van der Waals surface area (Å²) in [6, 6.07) is 0. The van der Waals surface area contributed by atoms with Crippen molar-refractivity contribution in [1.82, 2.24) is 14.9 Å². The molecule has 23 heavy (non-hydrogen) atoms. The zero-order valence-corrected chi connectivity index (χ0v) is 14.4. The van der Waals surface area contributed by atoms with E-state index in [1.165, 1.54) is 36.9 Å². The maximum atomic E-state index is 4.85. The van der Waals surface area contributed by atoms with Crippen molar-refractivity contribution in [2.75, 3.05) is 13.1 Å². The van der Waals surface area contributed by atoms with Crippen LogP contribution in [0.2, 0.25) is 0 Å². The van der Waals surface area contributed by atoms with Gasteiger partial charge in [0.25, 0.3) is 0 Å². The van der Waals surface area contributed by atoms with Crippen molar-refractivity contribution in [3.63, 3.8) is 0 Å². The van der Waals surface area contributed by atoms with Gasteiger partial charge < -0.3 is 0 Å². The van der Waals surface area contributed by atoms with E-state index in [0.717, 1.165) is 43.7 Å². The maximum absolute atomic E-state index is 4.85. The van der Waals surface area contributed by atoms with Gasteiger partial charge in [-0.2, -0.15) is 0 Å². The number of aromatic nitrogens is 2. The molecule has 0 amide bonds. The topological polar surface area (TPSA) is 29.0 Å². The SMILES string of the molecule is CC1(C)C2CC=C(CN3CCc4nc(C5CC5)ncc4C3)C1C2. The Hall–Kier alpha value is -1.22. The van der Waals surface area contributed by atoms with Crippen molar-refractivity contribution in [1.29, 1.82) is 0 Å². The van der Waals surface area contributed by atoms with Crippen LogP contribution in [0, 0.1) is 17.3 Å². The summed E-state index contributed by atoms with van der Waals surface area (Å²) in [5.41, 5.74) is 4.93. The molecule has 2 unspecified atom stereocenters. The van der Waals surface area contributed by atoms with E-state index in [0.29, 0.717) is 11.3 Å². The number of nitrogens with zero attached hydrogens (tertiary/aromatic N) is 3. The second kappa shape index (κ2) is 4.89. The average molecular weight is 309 g/mol. The Kier molecular flexibility index (Phi) is 3.01. The predicted molar refractivity (Wildman–Crippen MR) is 91.1 cm³/mol. The van der Waals surface area contributed by atoms with E-state index in [1.807, 2.05) is 0 Å². The van der Waals surface area contributed by atoms with Crippen LogP contribution in [0.25, 0.3) is 0 Å². The van der Waals surface area contributed by atoms with Gasteiger partial charge in [0.15, 0.2) is 0 Å². The van der Waals surface area contributed by atoms with Crippen molar-refractivity contribution in [3.05, 3.63) is 34.9 Å². The standard InChI is InChI=1S/C20H27N3/c1-20(2)16-6-5-14(17(20)9-16)11-23-8-7-18-15(12-23)10-21-19(22-18)13-3-4-13/h5,10,13,16-17H,3-4,6-9,11-12H2,1-2H3. The molecule has 0 N–H and O–H groups in total. The van der Waals surface area contributed by atoms with Crippen molar-refractivity contribution in [2.45, 2.75) is 58.4 Å². The molecule has 0 aromatic carbocycles. The molecule has 5 aliphatic rings. The Morgan fingerprint density at radius 1 is 1.30 bits per heavy atom. The second-order valence-electron chi connectivity index (χ2n) is 8.76. The molecule has 122 valence electrons. The smallest absolute Gasteiger partial charge is 0.131 e. The Bertz CT molecular complexity index is 671. The molecular weight excluding hydrogens is 282 g/mol. The third-order valence-corrected chi connectivity index (χ3v) is 6.96. The molecule has 3 heteroatoms. The van der Waals surface area contributed by atoms with E-state index >= 15 is 0 Å². The highest BCUT2D eigenvalue weighted by Crippen LogP contribution is 2.59. The molecule has 0 radical (unpaired) electrons. The maximum Gasteiger partial charge on any atom is 0.131 e. The van der Waals surface area contributed by atoms with Crippen molar-refractivity contribution in [3.8, 4) is 0 Å². The number of hydrogen-bond acceptors (Lipinski definition) is 3. The summed E-state index contributed by atoms with van der Waals surface area (Å²) in [6.45, 7) is 8.29. The normalized spacial score (nSPS) is 32.0. The van der Waals surface area contributed by atoms with E-state index in [2.05, 4.69) is 36.0 Å². The summed E-state index contributed by atoms with van der Waals surface area (Å²) in [5, 5.41) is 0. The molecule has 1 aliphatic heterocycles. The monoisotopic (exact) mass is 309 g/mol. The quantitative estimate of drug-likeness (QED) is 0.797. The van der Waals surface area contributed by atoms with Crippen LogP contribution in [-0.4, -0.2) is 28.0 Å². The highest BCUT2D eigenvalue weighted by atomic mass is 15.1. The van der Waals surface area contributed by atoms with Gasteiger partial charge in [0.1, 0.15) is 5.82 Å². The predicted octanol–water partition coefficient (Wildman–Crippen LogP) is 3.70. The van der Waals surface area contributed by atoms with Gasteiger partial charge in [-0.05, 0) is 42.9 Å². The number of hydrogen-bond donors (Lipinski definition) is 0. The highest BCUT2D eigenvalue weighted by Gasteiger charge is 2.51. The van der Waals surface area contributed by atoms with Gasteiger partial charge in [-0.1, -0.05) is 25.5 Å². The Labute approximate surface area is 139 Å². The third kappa shape index (κ3) is 2.27. The number of rotatable bonds is 3. The van der Waals surface area contributed by atoms with Crippen LogP contribution >= 0.6 is 0 Å². The minimum atomic E-state index is 0.542. The summed E-state index contributed by atoms with van der Waals surface area (Å²) < 4.78 is 0. The van der Waals surface area contributed by atoms with Gasteiger partial charge in [0, 0.05) is 49.4 Å². The first-order valence-corrected chi connectivity index (χ1v) is 9.37. The average Bonchev–Trinajstić information content (AvgIpc) is 3.39. The molecule has 2 bridgehead atoms. The Morgan fingerprint density at radius 3 is 2.91 bits per heavy atom. The molecule has 6 rings (SSSR count). The van der Waals surface area contributed by atoms with Crippen LogP contribution in [0.3, 0.4) is 0 Å². The molecule has 3 nitrogen and oxygen atoms in total. The fourth-order valence-corrected chi connectivity index (χ4v) is 4.98. The molecule has 4 aliphatic carbocycles. The third-order valence-electron chi connectivity index (χ3n) is 6.96. The van der Waals surface area contributed by atoms with Crippen molar-refractivity contribution in [2.24, 2.45) is 17.3 Å². The minimum Gasteiger partial charge on any atom is -0.295 e. The van der Waals surface area contributed by atoms with E-state index in [1.54, 1.807) is 5.57 Å². The van der Waals surface area contributed by atoms with Crippen molar-refractivity contribution < 1.29 is 0 Å². The molecule has 1 aromatic rings. The first-order valence-electron chi connectivity index (χ1n) is 9.37. The zero-order chi connectivity index (χ0) is 15.6. The van der Waals surface area contributed by atoms with Gasteiger partial charge in [-0.3, -0.25) is 4.90 Å². The molecule has 2 heterocycles. The van der Waals surface area contributed by atoms with Gasteiger partial charge in [0.2, 0.25) is 0 Å². The first-order chi connectivity index (χ1) is 11.1. The lowest BCUT2D eigenvalue weighted by atomic mass is 9.49. The summed E-state index contributed by atoms with van der Waals surface area (Å²) in [4.78, 5) is 12.1. The lowest BCUT2D eigenvalue weighted by Gasteiger charge is -2.57. The van der Waals surface area contributed by atoms with E-state index in [4.69, 9.17) is 4.98 Å². The van der Waals surface area contributed by atoms with Gasteiger partial charge >= 0.3 is 0 Å². The highest BCUT2D eigenvalue weighted by molar-refractivity contribution is 5.27. The molecular formula is C20H27N3. The van der Waals surface area contributed by atoms with Gasteiger partial charge in [-0.15, -0.1) is 0 Å². The fraction of sp³-hybridized carbons (Fsp3) is 0.700. The fourth-order valence-electron chi connectivity index (χ4n) is 4.98. The van der Waals surface area contributed by atoms with Crippen LogP contribution in [0.5, 0.6) is 0 Å². The van der Waals surface area contributed by atoms with Crippen LogP contribution in [0.1, 0.15) is 62.5 Å². The van der Waals surface area contributed by atoms with E-state index in [-0.39, 0.29) is 0 Å². The number of allylic oxidation sites excluding steroid dienone is 1. The molecule has 0 spiro atoms. The van der Waals surface area contributed by atoms with Crippen LogP contribution < -0.4 is 0 Å². The summed E-state index contributed by atoms with van der Waals surface area (Å²) in [6.07, 6.45) is 11.1. The van der Waals surface area contributed by atoms with Crippen LogP contribution in [0.15, 0.2) is 17.8 Å². The van der Waals surface area contributed by atoms with Crippen LogP contribution in [-0.2, 0) is 13.0 Å². The minimum absolute atomic E-state index is 0.542. The summed E-state index contributed by atoms with van der Waals surface area (Å²) in [5.74, 6) is 3.54. The van der Waals surface area contributed by atoms with Crippen LogP contribution in [0.4, 0.5) is 0 Å². The van der Waals surface area contributed by atoms with Gasteiger partial charge in [0.05, 0.1) is 0 Å². The van der Waals surface area contributed by atoms with Gasteiger partial charge in [-0.25, -0.2) is 9.97 Å². The molecule has 2 atom stereocenters. The first kappa shape index (κ1) is 14.2. The Balaban J connectivity index is 1.30.